The summed E-state index contributed by atoms with van der Waals surface area (Å²) >= 11 is 5.97. The molecular weight excluding hydrogens is 240 g/mol. The Morgan fingerprint density at radius 2 is 2.12 bits per heavy atom. The number of halogens is 1. The van der Waals surface area contributed by atoms with E-state index in [0.717, 1.165) is 5.56 Å². The van der Waals surface area contributed by atoms with Gasteiger partial charge in [0.1, 0.15) is 18.6 Å². The van der Waals surface area contributed by atoms with Gasteiger partial charge in [-0.1, -0.05) is 29.8 Å². The summed E-state index contributed by atoms with van der Waals surface area (Å²) in [6.45, 7) is 1.95. The molecule has 3 nitrogen and oxygen atoms in total. The second-order valence-electron chi connectivity index (χ2n) is 3.60. The lowest BCUT2D eigenvalue weighted by molar-refractivity contribution is 0.290. The third kappa shape index (κ3) is 2.88. The monoisotopic (exact) mass is 250 g/mol. The summed E-state index contributed by atoms with van der Waals surface area (Å²) in [6, 6.07) is 8.71. The summed E-state index contributed by atoms with van der Waals surface area (Å²) in [5, 5.41) is 0.615. The number of rotatable bonds is 3. The standard InChI is InChI=1S/C13H11ClO3/c1-9-6-12(15)13(8-16-9)17-7-10-4-2-3-5-11(10)14/h2-6,8H,7H2,1H3. The van der Waals surface area contributed by atoms with Gasteiger partial charge in [-0.15, -0.1) is 0 Å². The van der Waals surface area contributed by atoms with Crippen molar-refractivity contribution in [3.8, 4) is 5.75 Å². The number of hydrogen-bond donors (Lipinski definition) is 0. The Balaban J connectivity index is 2.13. The number of hydrogen-bond acceptors (Lipinski definition) is 3. The molecule has 4 heteroatoms. The lowest BCUT2D eigenvalue weighted by atomic mass is 10.2. The maximum absolute atomic E-state index is 11.5. The largest absolute Gasteiger partial charge is 0.482 e. The smallest absolute Gasteiger partial charge is 0.226 e. The molecule has 1 heterocycles. The molecular formula is C13H11ClO3. The minimum atomic E-state index is -0.194. The van der Waals surface area contributed by atoms with Crippen LogP contribution in [0.25, 0.3) is 0 Å². The molecule has 0 amide bonds. The van der Waals surface area contributed by atoms with Crippen LogP contribution in [0.4, 0.5) is 0 Å². The summed E-state index contributed by atoms with van der Waals surface area (Å²) in [4.78, 5) is 11.5. The van der Waals surface area contributed by atoms with E-state index in [2.05, 4.69) is 0 Å². The van der Waals surface area contributed by atoms with Gasteiger partial charge in [0.25, 0.3) is 0 Å². The molecule has 0 aliphatic rings. The Hall–Kier alpha value is -1.74. The zero-order valence-corrected chi connectivity index (χ0v) is 10.0. The lowest BCUT2D eigenvalue weighted by Crippen LogP contribution is -2.07. The molecule has 1 aromatic carbocycles. The van der Waals surface area contributed by atoms with E-state index in [1.807, 2.05) is 18.2 Å². The molecule has 17 heavy (non-hydrogen) atoms. The summed E-state index contributed by atoms with van der Waals surface area (Å²) in [5.41, 5.74) is 0.634. The first-order chi connectivity index (χ1) is 8.16. The highest BCUT2D eigenvalue weighted by Crippen LogP contribution is 2.16. The SMILES string of the molecule is Cc1cc(=O)c(OCc2ccccc2Cl)co1. The van der Waals surface area contributed by atoms with Crippen molar-refractivity contribution in [3.63, 3.8) is 0 Å². The molecule has 0 aliphatic heterocycles. The number of ether oxygens (including phenoxy) is 1. The van der Waals surface area contributed by atoms with E-state index in [1.54, 1.807) is 13.0 Å². The highest BCUT2D eigenvalue weighted by molar-refractivity contribution is 6.31. The van der Waals surface area contributed by atoms with Crippen molar-refractivity contribution in [2.75, 3.05) is 0 Å². The van der Waals surface area contributed by atoms with Crippen molar-refractivity contribution in [1.29, 1.82) is 0 Å². The zero-order valence-electron chi connectivity index (χ0n) is 9.27. The van der Waals surface area contributed by atoms with Gasteiger partial charge in [-0.05, 0) is 13.0 Å². The second-order valence-corrected chi connectivity index (χ2v) is 4.01. The Labute approximate surface area is 104 Å². The van der Waals surface area contributed by atoms with E-state index < -0.39 is 0 Å². The van der Waals surface area contributed by atoms with Gasteiger partial charge in [0.2, 0.25) is 11.2 Å². The van der Waals surface area contributed by atoms with Crippen molar-refractivity contribution in [2.45, 2.75) is 13.5 Å². The quantitative estimate of drug-likeness (QED) is 0.840. The molecule has 88 valence electrons. The second kappa shape index (κ2) is 5.06. The molecule has 0 spiro atoms. The minimum Gasteiger partial charge on any atom is -0.482 e. The third-order valence-electron chi connectivity index (χ3n) is 2.27. The van der Waals surface area contributed by atoms with Gasteiger partial charge in [-0.25, -0.2) is 0 Å². The molecule has 2 rings (SSSR count). The lowest BCUT2D eigenvalue weighted by Gasteiger charge is -2.06. The van der Waals surface area contributed by atoms with Crippen LogP contribution in [0.5, 0.6) is 5.75 Å². The molecule has 0 saturated heterocycles. The third-order valence-corrected chi connectivity index (χ3v) is 2.64. The first-order valence-electron chi connectivity index (χ1n) is 5.12. The highest BCUT2D eigenvalue weighted by atomic mass is 35.5. The van der Waals surface area contributed by atoms with Gasteiger partial charge >= 0.3 is 0 Å². The fourth-order valence-corrected chi connectivity index (χ4v) is 1.56. The number of benzene rings is 1. The molecule has 0 radical (unpaired) electrons. The molecule has 0 saturated carbocycles. The summed E-state index contributed by atoms with van der Waals surface area (Å²) in [5.74, 6) is 0.746. The summed E-state index contributed by atoms with van der Waals surface area (Å²) in [6.07, 6.45) is 1.31. The Morgan fingerprint density at radius 3 is 2.82 bits per heavy atom. The number of aryl methyl sites for hydroxylation is 1. The van der Waals surface area contributed by atoms with E-state index in [-0.39, 0.29) is 17.8 Å². The highest BCUT2D eigenvalue weighted by Gasteiger charge is 2.04. The van der Waals surface area contributed by atoms with Gasteiger partial charge in [0.05, 0.1) is 0 Å². The van der Waals surface area contributed by atoms with Crippen molar-refractivity contribution in [3.05, 3.63) is 63.2 Å². The van der Waals surface area contributed by atoms with E-state index in [1.165, 1.54) is 12.3 Å². The molecule has 0 bridgehead atoms. The predicted molar refractivity (Wildman–Crippen MR) is 65.5 cm³/mol. The fourth-order valence-electron chi connectivity index (χ4n) is 1.37. The van der Waals surface area contributed by atoms with E-state index >= 15 is 0 Å². The van der Waals surface area contributed by atoms with Crippen LogP contribution in [-0.2, 0) is 6.61 Å². The molecule has 0 fully saturated rings. The van der Waals surface area contributed by atoms with E-state index in [9.17, 15) is 4.79 Å². The molecule has 0 atom stereocenters. The Morgan fingerprint density at radius 1 is 1.35 bits per heavy atom. The van der Waals surface area contributed by atoms with Crippen LogP contribution in [0.1, 0.15) is 11.3 Å². The molecule has 1 aromatic heterocycles. The Kier molecular flexibility index (Phi) is 3.49. The van der Waals surface area contributed by atoms with Crippen molar-refractivity contribution >= 4 is 11.6 Å². The van der Waals surface area contributed by atoms with Crippen LogP contribution in [0, 0.1) is 6.92 Å². The maximum atomic E-state index is 11.5. The molecule has 0 N–H and O–H groups in total. The van der Waals surface area contributed by atoms with Gasteiger partial charge in [0, 0.05) is 16.7 Å². The molecule has 2 aromatic rings. The van der Waals surface area contributed by atoms with Crippen LogP contribution < -0.4 is 10.2 Å². The molecule has 0 unspecified atom stereocenters. The van der Waals surface area contributed by atoms with Crippen molar-refractivity contribution < 1.29 is 9.15 Å². The minimum absolute atomic E-state index is 0.190. The van der Waals surface area contributed by atoms with Crippen molar-refractivity contribution in [1.82, 2.24) is 0 Å². The average molecular weight is 251 g/mol. The first kappa shape index (κ1) is 11.7. The van der Waals surface area contributed by atoms with Crippen LogP contribution in [0.3, 0.4) is 0 Å². The fraction of sp³-hybridized carbons (Fsp3) is 0.154. The topological polar surface area (TPSA) is 39.4 Å². The van der Waals surface area contributed by atoms with Crippen molar-refractivity contribution in [2.24, 2.45) is 0 Å². The van der Waals surface area contributed by atoms with Gasteiger partial charge < -0.3 is 9.15 Å². The van der Waals surface area contributed by atoms with Gasteiger partial charge in [-0.2, -0.15) is 0 Å². The summed E-state index contributed by atoms with van der Waals surface area (Å²) < 4.78 is 10.5. The van der Waals surface area contributed by atoms with Gasteiger partial charge in [0.15, 0.2) is 0 Å². The molecule has 0 aliphatic carbocycles. The predicted octanol–water partition coefficient (Wildman–Crippen LogP) is 3.18. The Bertz CT molecular complexity index is 575. The van der Waals surface area contributed by atoms with Crippen LogP contribution in [-0.4, -0.2) is 0 Å². The normalized spacial score (nSPS) is 10.2. The van der Waals surface area contributed by atoms with Gasteiger partial charge in [-0.3, -0.25) is 4.79 Å². The average Bonchev–Trinajstić information content (AvgIpc) is 2.30. The van der Waals surface area contributed by atoms with E-state index in [0.29, 0.717) is 10.8 Å². The maximum Gasteiger partial charge on any atom is 0.226 e. The van der Waals surface area contributed by atoms with Crippen LogP contribution in [0.15, 0.2) is 45.8 Å². The van der Waals surface area contributed by atoms with Crippen LogP contribution >= 0.6 is 11.6 Å². The first-order valence-corrected chi connectivity index (χ1v) is 5.50. The summed E-state index contributed by atoms with van der Waals surface area (Å²) in [7, 11) is 0. The van der Waals surface area contributed by atoms with E-state index in [4.69, 9.17) is 20.8 Å². The zero-order chi connectivity index (χ0) is 12.3. The van der Waals surface area contributed by atoms with Crippen LogP contribution in [0.2, 0.25) is 5.02 Å².